The van der Waals surface area contributed by atoms with E-state index in [9.17, 15) is 9.90 Å². The molecule has 1 N–H and O–H groups in total. The Balaban J connectivity index is 1.97. The number of hydrogen-bond acceptors (Lipinski definition) is 5. The average Bonchev–Trinajstić information content (AvgIpc) is 2.73. The van der Waals surface area contributed by atoms with Crippen molar-refractivity contribution in [2.24, 2.45) is 10.2 Å². The van der Waals surface area contributed by atoms with Crippen LogP contribution in [0.3, 0.4) is 0 Å². The lowest BCUT2D eigenvalue weighted by atomic mass is 10.0. The Bertz CT molecular complexity index is 981. The first kappa shape index (κ1) is 18.1. The molecule has 0 saturated carbocycles. The van der Waals surface area contributed by atoms with E-state index in [4.69, 9.17) is 4.74 Å². The van der Waals surface area contributed by atoms with Gasteiger partial charge in [0.1, 0.15) is 17.2 Å². The summed E-state index contributed by atoms with van der Waals surface area (Å²) in [4.78, 5) is 12.9. The second kappa shape index (κ2) is 8.58. The van der Waals surface area contributed by atoms with Crippen LogP contribution in [0.4, 0.5) is 0 Å². The maximum absolute atomic E-state index is 12.9. The van der Waals surface area contributed by atoms with Crippen LogP contribution >= 0.6 is 0 Å². The highest BCUT2D eigenvalue weighted by molar-refractivity contribution is 6.51. The van der Waals surface area contributed by atoms with Gasteiger partial charge in [0.15, 0.2) is 0 Å². The van der Waals surface area contributed by atoms with Gasteiger partial charge in [-0.25, -0.2) is 0 Å². The molecule has 0 heterocycles. The lowest BCUT2D eigenvalue weighted by Crippen LogP contribution is -2.15. The first-order chi connectivity index (χ1) is 13.2. The Morgan fingerprint density at radius 1 is 0.926 bits per heavy atom. The van der Waals surface area contributed by atoms with Gasteiger partial charge in [-0.1, -0.05) is 60.7 Å². The average molecular weight is 358 g/mol. The van der Waals surface area contributed by atoms with E-state index in [2.05, 4.69) is 10.2 Å². The SMILES string of the molecule is COc1ccc(O)c(/C=N/N=C(C(=O)c2ccccc2)c2ccccc2)c1. The summed E-state index contributed by atoms with van der Waals surface area (Å²) in [5.41, 5.74) is 1.86. The molecule has 5 heteroatoms. The van der Waals surface area contributed by atoms with Crippen molar-refractivity contribution in [1.29, 1.82) is 0 Å². The Labute approximate surface area is 157 Å². The molecule has 0 aliphatic heterocycles. The minimum absolute atomic E-state index is 0.0467. The third-order valence-corrected chi connectivity index (χ3v) is 3.89. The molecule has 0 atom stereocenters. The highest BCUT2D eigenvalue weighted by Gasteiger charge is 2.16. The van der Waals surface area contributed by atoms with Gasteiger partial charge in [0.2, 0.25) is 5.78 Å². The van der Waals surface area contributed by atoms with Crippen molar-refractivity contribution >= 4 is 17.7 Å². The number of phenols is 1. The normalized spacial score (nSPS) is 11.5. The molecule has 0 amide bonds. The fourth-order valence-electron chi connectivity index (χ4n) is 2.47. The number of methoxy groups -OCH3 is 1. The number of aromatic hydroxyl groups is 1. The van der Waals surface area contributed by atoms with E-state index in [0.29, 0.717) is 22.4 Å². The quantitative estimate of drug-likeness (QED) is 0.409. The van der Waals surface area contributed by atoms with Crippen molar-refractivity contribution in [1.82, 2.24) is 0 Å². The molecule has 134 valence electrons. The van der Waals surface area contributed by atoms with Gasteiger partial charge in [-0.2, -0.15) is 5.10 Å². The van der Waals surface area contributed by atoms with Crippen molar-refractivity contribution in [2.75, 3.05) is 7.11 Å². The zero-order valence-electron chi connectivity index (χ0n) is 14.7. The highest BCUT2D eigenvalue weighted by atomic mass is 16.5. The van der Waals surface area contributed by atoms with Crippen LogP contribution in [0.25, 0.3) is 0 Å². The molecular formula is C22H18N2O3. The highest BCUT2D eigenvalue weighted by Crippen LogP contribution is 2.21. The molecule has 0 aromatic heterocycles. The molecule has 0 bridgehead atoms. The van der Waals surface area contributed by atoms with Crippen molar-refractivity contribution in [3.63, 3.8) is 0 Å². The Kier molecular flexibility index (Phi) is 5.74. The van der Waals surface area contributed by atoms with E-state index in [1.165, 1.54) is 19.4 Å². The van der Waals surface area contributed by atoms with Crippen LogP contribution in [0.1, 0.15) is 21.5 Å². The van der Waals surface area contributed by atoms with Crippen LogP contribution in [0.5, 0.6) is 11.5 Å². The summed E-state index contributed by atoms with van der Waals surface area (Å²) >= 11 is 0. The molecule has 3 rings (SSSR count). The van der Waals surface area contributed by atoms with Gasteiger partial charge >= 0.3 is 0 Å². The lowest BCUT2D eigenvalue weighted by molar-refractivity contribution is 0.106. The summed E-state index contributed by atoms with van der Waals surface area (Å²) in [6, 6.07) is 22.8. The summed E-state index contributed by atoms with van der Waals surface area (Å²) in [7, 11) is 1.54. The largest absolute Gasteiger partial charge is 0.507 e. The van der Waals surface area contributed by atoms with Crippen LogP contribution in [0.2, 0.25) is 0 Å². The van der Waals surface area contributed by atoms with Gasteiger partial charge < -0.3 is 9.84 Å². The summed E-state index contributed by atoms with van der Waals surface area (Å²) in [6.45, 7) is 0. The topological polar surface area (TPSA) is 71.2 Å². The van der Waals surface area contributed by atoms with Gasteiger partial charge in [0, 0.05) is 16.7 Å². The number of carbonyl (C=O) groups excluding carboxylic acids is 1. The number of phenolic OH excluding ortho intramolecular Hbond substituents is 1. The molecule has 5 nitrogen and oxygen atoms in total. The molecular weight excluding hydrogens is 340 g/mol. The monoisotopic (exact) mass is 358 g/mol. The lowest BCUT2D eigenvalue weighted by Gasteiger charge is -2.05. The molecule has 0 saturated heterocycles. The number of Topliss-reactive ketones (excluding diaryl/α,β-unsaturated/α-hetero) is 1. The number of benzene rings is 3. The molecule has 0 fully saturated rings. The minimum Gasteiger partial charge on any atom is -0.507 e. The Morgan fingerprint density at radius 3 is 2.19 bits per heavy atom. The second-order valence-corrected chi connectivity index (χ2v) is 5.68. The zero-order valence-corrected chi connectivity index (χ0v) is 14.7. The molecule has 0 spiro atoms. The summed E-state index contributed by atoms with van der Waals surface area (Å²) in [6.07, 6.45) is 1.39. The Hall–Kier alpha value is -3.73. The fraction of sp³-hybridized carbons (Fsp3) is 0.0455. The standard InChI is InChI=1S/C22H18N2O3/c1-27-19-12-13-20(25)18(14-19)15-23-24-21(16-8-4-2-5-9-16)22(26)17-10-6-3-7-11-17/h2-15,25H,1H3/b23-15+,24-21?. The van der Waals surface area contributed by atoms with E-state index in [-0.39, 0.29) is 17.2 Å². The van der Waals surface area contributed by atoms with Crippen LogP contribution in [-0.4, -0.2) is 29.9 Å². The number of rotatable bonds is 6. The second-order valence-electron chi connectivity index (χ2n) is 5.68. The van der Waals surface area contributed by atoms with E-state index in [1.807, 2.05) is 24.3 Å². The molecule has 0 radical (unpaired) electrons. The van der Waals surface area contributed by atoms with Crippen LogP contribution in [-0.2, 0) is 0 Å². The van der Waals surface area contributed by atoms with Gasteiger partial charge in [0.05, 0.1) is 13.3 Å². The first-order valence-corrected chi connectivity index (χ1v) is 8.32. The van der Waals surface area contributed by atoms with E-state index in [0.717, 1.165) is 0 Å². The predicted molar refractivity (Wildman–Crippen MR) is 106 cm³/mol. The summed E-state index contributed by atoms with van der Waals surface area (Å²) in [5.74, 6) is 0.404. The number of carbonyl (C=O) groups is 1. The molecule has 3 aromatic rings. The number of ether oxygens (including phenoxy) is 1. The third-order valence-electron chi connectivity index (χ3n) is 3.89. The predicted octanol–water partition coefficient (Wildman–Crippen LogP) is 4.11. The summed E-state index contributed by atoms with van der Waals surface area (Å²) < 4.78 is 5.14. The van der Waals surface area contributed by atoms with Crippen LogP contribution < -0.4 is 4.74 Å². The van der Waals surface area contributed by atoms with Crippen LogP contribution in [0, 0.1) is 0 Å². The molecule has 0 unspecified atom stereocenters. The Morgan fingerprint density at radius 2 is 1.56 bits per heavy atom. The fourth-order valence-corrected chi connectivity index (χ4v) is 2.47. The molecule has 3 aromatic carbocycles. The molecule has 0 aliphatic carbocycles. The smallest absolute Gasteiger partial charge is 0.213 e. The summed E-state index contributed by atoms with van der Waals surface area (Å²) in [5, 5.41) is 18.1. The van der Waals surface area contributed by atoms with Gasteiger partial charge in [-0.15, -0.1) is 5.10 Å². The van der Waals surface area contributed by atoms with Crippen molar-refractivity contribution in [3.05, 3.63) is 95.6 Å². The van der Waals surface area contributed by atoms with E-state index in [1.54, 1.807) is 48.5 Å². The zero-order chi connectivity index (χ0) is 19.1. The van der Waals surface area contributed by atoms with Crippen LogP contribution in [0.15, 0.2) is 89.1 Å². The minimum atomic E-state index is -0.228. The van der Waals surface area contributed by atoms with Gasteiger partial charge in [-0.3, -0.25) is 4.79 Å². The van der Waals surface area contributed by atoms with Crippen molar-refractivity contribution < 1.29 is 14.6 Å². The molecule has 27 heavy (non-hydrogen) atoms. The molecule has 0 aliphatic rings. The number of hydrogen-bond donors (Lipinski definition) is 1. The number of ketones is 1. The van der Waals surface area contributed by atoms with Crippen molar-refractivity contribution in [3.8, 4) is 11.5 Å². The number of nitrogens with zero attached hydrogens (tertiary/aromatic N) is 2. The first-order valence-electron chi connectivity index (χ1n) is 8.32. The van der Waals surface area contributed by atoms with Gasteiger partial charge in [0.25, 0.3) is 0 Å². The maximum Gasteiger partial charge on any atom is 0.213 e. The third kappa shape index (κ3) is 4.46. The maximum atomic E-state index is 12.9. The van der Waals surface area contributed by atoms with E-state index >= 15 is 0 Å². The van der Waals surface area contributed by atoms with Crippen molar-refractivity contribution in [2.45, 2.75) is 0 Å². The van der Waals surface area contributed by atoms with E-state index < -0.39 is 0 Å². The van der Waals surface area contributed by atoms with Gasteiger partial charge in [-0.05, 0) is 18.2 Å².